The first-order valence-corrected chi connectivity index (χ1v) is 14.4. The number of aromatic nitrogens is 3. The van der Waals surface area contributed by atoms with Gasteiger partial charge in [0, 0.05) is 32.5 Å². The number of phenols is 1. The maximum atomic E-state index is 10.9. The van der Waals surface area contributed by atoms with Crippen LogP contribution in [0.4, 0.5) is 0 Å². The Kier molecular flexibility index (Phi) is 7.60. The van der Waals surface area contributed by atoms with Crippen LogP contribution in [0.15, 0.2) is 84.9 Å². The van der Waals surface area contributed by atoms with Crippen molar-refractivity contribution in [2.45, 2.75) is 46.5 Å². The molecule has 7 rings (SSSR count). The summed E-state index contributed by atoms with van der Waals surface area (Å²) in [6.45, 7) is 6.41. The van der Waals surface area contributed by atoms with Gasteiger partial charge in [-0.05, 0) is 81.3 Å². The van der Waals surface area contributed by atoms with E-state index < -0.39 is 0 Å². The van der Waals surface area contributed by atoms with Gasteiger partial charge in [-0.2, -0.15) is 0 Å². The van der Waals surface area contributed by atoms with Gasteiger partial charge in [-0.25, -0.2) is 4.98 Å². The first kappa shape index (κ1) is 28.1. The van der Waals surface area contributed by atoms with Crippen LogP contribution in [0.2, 0.25) is 0 Å². The number of benzene rings is 4. The van der Waals surface area contributed by atoms with Gasteiger partial charge >= 0.3 is 0 Å². The summed E-state index contributed by atoms with van der Waals surface area (Å²) in [4.78, 5) is 10.3. The SMILES string of the molecule is Cc1cc(C)c(-n2c(-c3ccccc3O)nc3c(-c4[c-]c(-c5ccc6c(n5)CCCC6)ccc4)cccc32)c(C)c1.[Pt]. The molecular weight excluding hydrogens is 698 g/mol. The van der Waals surface area contributed by atoms with Crippen LogP contribution in [0.1, 0.15) is 40.8 Å². The van der Waals surface area contributed by atoms with Crippen molar-refractivity contribution >= 4 is 11.0 Å². The normalized spacial score (nSPS) is 12.6. The molecule has 0 fully saturated rings. The molecule has 4 nitrogen and oxygen atoms in total. The zero-order chi connectivity index (χ0) is 28.1. The van der Waals surface area contributed by atoms with Gasteiger partial charge in [0.15, 0.2) is 0 Å². The summed E-state index contributed by atoms with van der Waals surface area (Å²) < 4.78 is 2.20. The van der Waals surface area contributed by atoms with Gasteiger partial charge in [-0.3, -0.25) is 9.55 Å². The smallest absolute Gasteiger partial charge is 0.148 e. The standard InChI is InChI=1S/C37H32N3O.Pt/c1-23-20-24(2)36(25(3)21-23)40-33-16-9-14-29(35(33)39-37(40)30-13-5-7-17-34(30)41)27-11-8-12-28(22-27)32-19-18-26-10-4-6-15-31(26)38-32;/h5,7-9,11-14,16-21,41H,4,6,10,15H2,1-3H3;/q-1;. The first-order valence-electron chi connectivity index (χ1n) is 14.4. The van der Waals surface area contributed by atoms with E-state index in [1.165, 1.54) is 29.7 Å². The molecule has 0 atom stereocenters. The van der Waals surface area contributed by atoms with Gasteiger partial charge in [-0.15, -0.1) is 29.8 Å². The molecule has 2 aromatic heterocycles. The van der Waals surface area contributed by atoms with Crippen LogP contribution >= 0.6 is 0 Å². The van der Waals surface area contributed by atoms with Crippen LogP contribution in [0.25, 0.3) is 50.5 Å². The quantitative estimate of drug-likeness (QED) is 0.185. The molecule has 0 aliphatic heterocycles. The molecule has 1 aliphatic rings. The maximum Gasteiger partial charge on any atom is 0.148 e. The number of aryl methyl sites for hydroxylation is 5. The molecule has 0 bridgehead atoms. The van der Waals surface area contributed by atoms with E-state index in [1.807, 2.05) is 18.2 Å². The minimum absolute atomic E-state index is 0. The van der Waals surface area contributed by atoms with Crippen LogP contribution < -0.4 is 0 Å². The third kappa shape index (κ3) is 4.88. The van der Waals surface area contributed by atoms with Crippen LogP contribution in [-0.4, -0.2) is 19.6 Å². The van der Waals surface area contributed by atoms with Crippen LogP contribution in [0.3, 0.4) is 0 Å². The monoisotopic (exact) mass is 729 g/mol. The second-order valence-corrected chi connectivity index (χ2v) is 11.2. The number of hydrogen-bond acceptors (Lipinski definition) is 3. The van der Waals surface area contributed by atoms with Crippen molar-refractivity contribution in [1.29, 1.82) is 0 Å². The zero-order valence-corrected chi connectivity index (χ0v) is 26.3. The predicted octanol–water partition coefficient (Wildman–Crippen LogP) is 8.73. The Balaban J connectivity index is 0.00000316. The van der Waals surface area contributed by atoms with Gasteiger partial charge < -0.3 is 5.11 Å². The third-order valence-corrected chi connectivity index (χ3v) is 8.23. The molecule has 212 valence electrons. The molecule has 0 amide bonds. The molecule has 2 heterocycles. The van der Waals surface area contributed by atoms with E-state index in [0.29, 0.717) is 11.4 Å². The third-order valence-electron chi connectivity index (χ3n) is 8.23. The molecule has 5 heteroatoms. The fourth-order valence-corrected chi connectivity index (χ4v) is 6.42. The number of imidazole rings is 1. The second-order valence-electron chi connectivity index (χ2n) is 11.2. The van der Waals surface area contributed by atoms with Gasteiger partial charge in [0.1, 0.15) is 11.6 Å². The van der Waals surface area contributed by atoms with Crippen molar-refractivity contribution in [1.82, 2.24) is 14.5 Å². The number of hydrogen-bond donors (Lipinski definition) is 1. The Morgan fingerprint density at radius 1 is 0.738 bits per heavy atom. The molecule has 0 unspecified atom stereocenters. The summed E-state index contributed by atoms with van der Waals surface area (Å²) in [6, 6.07) is 32.5. The van der Waals surface area contributed by atoms with Gasteiger partial charge in [0.2, 0.25) is 0 Å². The summed E-state index contributed by atoms with van der Waals surface area (Å²) in [5.74, 6) is 0.924. The summed E-state index contributed by atoms with van der Waals surface area (Å²) in [6.07, 6.45) is 4.62. The fraction of sp³-hybridized carbons (Fsp3) is 0.189. The molecule has 1 N–H and O–H groups in total. The fourth-order valence-electron chi connectivity index (χ4n) is 6.42. The molecule has 0 saturated heterocycles. The Morgan fingerprint density at radius 2 is 1.45 bits per heavy atom. The molecule has 0 radical (unpaired) electrons. The summed E-state index contributed by atoms with van der Waals surface area (Å²) in [5, 5.41) is 10.9. The van der Waals surface area contributed by atoms with E-state index in [0.717, 1.165) is 63.1 Å². The van der Waals surface area contributed by atoms with Crippen molar-refractivity contribution in [3.8, 4) is 45.2 Å². The van der Waals surface area contributed by atoms with Gasteiger partial charge in [-0.1, -0.05) is 65.2 Å². The van der Waals surface area contributed by atoms with E-state index in [1.54, 1.807) is 6.07 Å². The molecule has 0 spiro atoms. The van der Waals surface area contributed by atoms with E-state index in [4.69, 9.17) is 9.97 Å². The van der Waals surface area contributed by atoms with Gasteiger partial charge in [0.25, 0.3) is 0 Å². The number of para-hydroxylation sites is 2. The zero-order valence-electron chi connectivity index (χ0n) is 24.0. The first-order chi connectivity index (χ1) is 20.0. The second kappa shape index (κ2) is 11.3. The van der Waals surface area contributed by atoms with Crippen molar-refractivity contribution in [2.75, 3.05) is 0 Å². The van der Waals surface area contributed by atoms with Crippen LogP contribution in [-0.2, 0) is 33.9 Å². The number of rotatable bonds is 4. The molecule has 0 saturated carbocycles. The molecule has 4 aromatic carbocycles. The number of pyridine rings is 1. The summed E-state index contributed by atoms with van der Waals surface area (Å²) >= 11 is 0. The number of aromatic hydroxyl groups is 1. The van der Waals surface area contributed by atoms with Crippen molar-refractivity contribution in [3.05, 3.63) is 119 Å². The number of phenolic OH excluding ortho intramolecular Hbond substituents is 1. The minimum Gasteiger partial charge on any atom is -0.507 e. The Morgan fingerprint density at radius 3 is 2.26 bits per heavy atom. The topological polar surface area (TPSA) is 50.9 Å². The summed E-state index contributed by atoms with van der Waals surface area (Å²) in [5.41, 5.74) is 13.7. The number of fused-ring (bicyclic) bond motifs is 2. The number of nitrogens with zero attached hydrogens (tertiary/aromatic N) is 3. The molecular formula is C37H32N3OPt-. The van der Waals surface area contributed by atoms with Crippen molar-refractivity contribution < 1.29 is 26.2 Å². The Labute approximate surface area is 261 Å². The Hall–Kier alpha value is -4.01. The summed E-state index contributed by atoms with van der Waals surface area (Å²) in [7, 11) is 0. The average molecular weight is 730 g/mol. The predicted molar refractivity (Wildman–Crippen MR) is 167 cm³/mol. The Bertz CT molecular complexity index is 1930. The van der Waals surface area contributed by atoms with E-state index in [9.17, 15) is 5.11 Å². The largest absolute Gasteiger partial charge is 0.507 e. The molecule has 42 heavy (non-hydrogen) atoms. The van der Waals surface area contributed by atoms with Gasteiger partial charge in [0.05, 0.1) is 22.3 Å². The van der Waals surface area contributed by atoms with Crippen molar-refractivity contribution in [3.63, 3.8) is 0 Å². The van der Waals surface area contributed by atoms with Crippen LogP contribution in [0, 0.1) is 26.8 Å². The van der Waals surface area contributed by atoms with E-state index in [-0.39, 0.29) is 26.8 Å². The average Bonchev–Trinajstić information content (AvgIpc) is 3.36. The van der Waals surface area contributed by atoms with Crippen LogP contribution in [0.5, 0.6) is 5.75 Å². The molecule has 1 aliphatic carbocycles. The molecule has 6 aromatic rings. The van der Waals surface area contributed by atoms with Crippen molar-refractivity contribution in [2.24, 2.45) is 0 Å². The van der Waals surface area contributed by atoms with E-state index >= 15 is 0 Å². The maximum absolute atomic E-state index is 10.9. The van der Waals surface area contributed by atoms with E-state index in [2.05, 4.69) is 92.1 Å². The minimum atomic E-state index is 0.